The molecule has 1 aliphatic rings. The summed E-state index contributed by atoms with van der Waals surface area (Å²) >= 11 is 1.66. The van der Waals surface area contributed by atoms with Crippen LogP contribution in [0.15, 0.2) is 29.4 Å². The summed E-state index contributed by atoms with van der Waals surface area (Å²) in [6.45, 7) is 0. The van der Waals surface area contributed by atoms with Crippen LogP contribution in [0.4, 0.5) is 0 Å². The SMILES string of the molecule is CSc1nnc2n(C3CCCCC3)c3ccccc3n12. The summed E-state index contributed by atoms with van der Waals surface area (Å²) in [6.07, 6.45) is 8.60. The van der Waals surface area contributed by atoms with Crippen molar-refractivity contribution in [2.75, 3.05) is 6.26 Å². The number of rotatable bonds is 2. The van der Waals surface area contributed by atoms with E-state index in [4.69, 9.17) is 0 Å². The van der Waals surface area contributed by atoms with E-state index in [0.29, 0.717) is 6.04 Å². The van der Waals surface area contributed by atoms with Gasteiger partial charge in [-0.25, -0.2) is 0 Å². The molecule has 0 bridgehead atoms. The second-order valence-electron chi connectivity index (χ2n) is 5.47. The van der Waals surface area contributed by atoms with Crippen molar-refractivity contribution in [2.45, 2.75) is 43.3 Å². The second kappa shape index (κ2) is 4.81. The van der Waals surface area contributed by atoms with Gasteiger partial charge in [0.05, 0.1) is 11.0 Å². The minimum atomic E-state index is 0.574. The maximum Gasteiger partial charge on any atom is 0.237 e. The average Bonchev–Trinajstić information content (AvgIpc) is 3.05. The van der Waals surface area contributed by atoms with Crippen molar-refractivity contribution >= 4 is 28.6 Å². The Morgan fingerprint density at radius 1 is 1.05 bits per heavy atom. The molecule has 0 unspecified atom stereocenters. The molecule has 0 amide bonds. The second-order valence-corrected chi connectivity index (χ2v) is 6.25. The molecule has 4 rings (SSSR count). The van der Waals surface area contributed by atoms with Crippen molar-refractivity contribution in [3.05, 3.63) is 24.3 Å². The highest BCUT2D eigenvalue weighted by atomic mass is 32.2. The molecule has 1 aromatic carbocycles. The predicted octanol–water partition coefficient (Wildman–Crippen LogP) is 3.91. The monoisotopic (exact) mass is 286 g/mol. The molecule has 1 fully saturated rings. The Hall–Kier alpha value is -1.49. The summed E-state index contributed by atoms with van der Waals surface area (Å²) in [4.78, 5) is 0. The van der Waals surface area contributed by atoms with Gasteiger partial charge >= 0.3 is 0 Å². The Labute approximate surface area is 122 Å². The fourth-order valence-electron chi connectivity index (χ4n) is 3.43. The molecule has 1 saturated carbocycles. The zero-order valence-electron chi connectivity index (χ0n) is 11.6. The lowest BCUT2D eigenvalue weighted by Crippen LogP contribution is -2.13. The molecular formula is C15H18N4S. The number of aromatic nitrogens is 4. The van der Waals surface area contributed by atoms with Gasteiger partial charge in [0.15, 0.2) is 5.16 Å². The number of hydrogen-bond acceptors (Lipinski definition) is 3. The molecular weight excluding hydrogens is 268 g/mol. The first-order valence-corrected chi connectivity index (χ1v) is 8.50. The number of nitrogens with zero attached hydrogens (tertiary/aromatic N) is 4. The quantitative estimate of drug-likeness (QED) is 0.670. The van der Waals surface area contributed by atoms with Crippen molar-refractivity contribution in [2.24, 2.45) is 0 Å². The van der Waals surface area contributed by atoms with E-state index in [9.17, 15) is 0 Å². The first-order chi connectivity index (χ1) is 9.90. The number of imidazole rings is 1. The molecule has 0 radical (unpaired) electrons. The fraction of sp³-hybridized carbons (Fsp3) is 0.467. The maximum atomic E-state index is 4.46. The third-order valence-electron chi connectivity index (χ3n) is 4.34. The average molecular weight is 286 g/mol. The van der Waals surface area contributed by atoms with E-state index in [1.54, 1.807) is 11.8 Å². The van der Waals surface area contributed by atoms with Crippen molar-refractivity contribution < 1.29 is 0 Å². The lowest BCUT2D eigenvalue weighted by molar-refractivity contribution is 0.365. The van der Waals surface area contributed by atoms with Crippen molar-refractivity contribution in [3.8, 4) is 0 Å². The number of hydrogen-bond donors (Lipinski definition) is 0. The molecule has 4 nitrogen and oxygen atoms in total. The van der Waals surface area contributed by atoms with Gasteiger partial charge < -0.3 is 4.57 Å². The van der Waals surface area contributed by atoms with Gasteiger partial charge in [-0.05, 0) is 31.2 Å². The number of benzene rings is 1. The number of para-hydroxylation sites is 2. The third kappa shape index (κ3) is 1.69. The summed E-state index contributed by atoms with van der Waals surface area (Å²) < 4.78 is 4.62. The number of thioether (sulfide) groups is 1. The fourth-order valence-corrected chi connectivity index (χ4v) is 3.91. The van der Waals surface area contributed by atoms with Gasteiger partial charge in [0.1, 0.15) is 0 Å². The van der Waals surface area contributed by atoms with Crippen LogP contribution in [-0.2, 0) is 0 Å². The molecule has 0 spiro atoms. The van der Waals surface area contributed by atoms with Crippen LogP contribution in [0.1, 0.15) is 38.1 Å². The zero-order valence-corrected chi connectivity index (χ0v) is 12.4. The highest BCUT2D eigenvalue weighted by Crippen LogP contribution is 2.34. The minimum Gasteiger partial charge on any atom is -0.305 e. The summed E-state index contributed by atoms with van der Waals surface area (Å²) in [5.41, 5.74) is 2.52. The van der Waals surface area contributed by atoms with Gasteiger partial charge in [-0.1, -0.05) is 43.2 Å². The van der Waals surface area contributed by atoms with Crippen LogP contribution >= 0.6 is 11.8 Å². The normalized spacial score (nSPS) is 17.2. The lowest BCUT2D eigenvalue weighted by atomic mass is 9.95. The van der Waals surface area contributed by atoms with Crippen molar-refractivity contribution in [3.63, 3.8) is 0 Å². The van der Waals surface area contributed by atoms with E-state index < -0.39 is 0 Å². The summed E-state index contributed by atoms with van der Waals surface area (Å²) in [5.74, 6) is 1.00. The molecule has 104 valence electrons. The van der Waals surface area contributed by atoms with Crippen LogP contribution < -0.4 is 0 Å². The van der Waals surface area contributed by atoms with E-state index in [1.807, 2.05) is 0 Å². The molecule has 1 aliphatic carbocycles. The van der Waals surface area contributed by atoms with E-state index in [0.717, 1.165) is 10.9 Å². The molecule has 2 heterocycles. The standard InChI is InChI=1S/C15H18N4S/c1-20-15-17-16-14-18(11-7-3-2-4-8-11)12-9-5-6-10-13(12)19(14)15/h5-6,9-11H,2-4,7-8H2,1H3. The molecule has 0 saturated heterocycles. The minimum absolute atomic E-state index is 0.574. The van der Waals surface area contributed by atoms with E-state index >= 15 is 0 Å². The van der Waals surface area contributed by atoms with Crippen LogP contribution in [0.2, 0.25) is 0 Å². The van der Waals surface area contributed by atoms with Gasteiger partial charge in [0, 0.05) is 6.04 Å². The molecule has 3 aromatic rings. The summed E-state index contributed by atoms with van der Waals surface area (Å²) in [6, 6.07) is 9.17. The van der Waals surface area contributed by atoms with E-state index in [-0.39, 0.29) is 0 Å². The first-order valence-electron chi connectivity index (χ1n) is 7.28. The number of fused-ring (bicyclic) bond motifs is 3. The Morgan fingerprint density at radius 2 is 1.80 bits per heavy atom. The van der Waals surface area contributed by atoms with Crippen LogP contribution in [0.5, 0.6) is 0 Å². The molecule has 2 aromatic heterocycles. The third-order valence-corrected chi connectivity index (χ3v) is 4.97. The van der Waals surface area contributed by atoms with Crippen LogP contribution in [0.3, 0.4) is 0 Å². The first kappa shape index (κ1) is 12.3. The molecule has 0 N–H and O–H groups in total. The van der Waals surface area contributed by atoms with E-state index in [1.165, 1.54) is 43.1 Å². The Kier molecular flexibility index (Phi) is 2.95. The van der Waals surface area contributed by atoms with E-state index in [2.05, 4.69) is 49.7 Å². The molecule has 20 heavy (non-hydrogen) atoms. The zero-order chi connectivity index (χ0) is 13.5. The van der Waals surface area contributed by atoms with Gasteiger partial charge in [-0.2, -0.15) is 0 Å². The summed E-state index contributed by atoms with van der Waals surface area (Å²) in [7, 11) is 0. The highest BCUT2D eigenvalue weighted by Gasteiger charge is 2.23. The van der Waals surface area contributed by atoms with Gasteiger partial charge in [0.2, 0.25) is 5.78 Å². The van der Waals surface area contributed by atoms with Gasteiger partial charge in [0.25, 0.3) is 0 Å². The Bertz CT molecular complexity index is 752. The summed E-state index contributed by atoms with van der Waals surface area (Å²) in [5, 5.41) is 9.77. The maximum absolute atomic E-state index is 4.46. The molecule has 0 aliphatic heterocycles. The Morgan fingerprint density at radius 3 is 2.55 bits per heavy atom. The Balaban J connectivity index is 2.03. The predicted molar refractivity (Wildman–Crippen MR) is 82.4 cm³/mol. The van der Waals surface area contributed by atoms with Gasteiger partial charge in [-0.15, -0.1) is 10.2 Å². The highest BCUT2D eigenvalue weighted by molar-refractivity contribution is 7.98. The van der Waals surface area contributed by atoms with Crippen molar-refractivity contribution in [1.82, 2.24) is 19.2 Å². The molecule has 0 atom stereocenters. The molecule has 5 heteroatoms. The van der Waals surface area contributed by atoms with Crippen molar-refractivity contribution in [1.29, 1.82) is 0 Å². The lowest BCUT2D eigenvalue weighted by Gasteiger charge is -2.23. The smallest absolute Gasteiger partial charge is 0.237 e. The van der Waals surface area contributed by atoms with Crippen LogP contribution in [-0.4, -0.2) is 25.4 Å². The topological polar surface area (TPSA) is 35.1 Å². The largest absolute Gasteiger partial charge is 0.305 e. The van der Waals surface area contributed by atoms with Gasteiger partial charge in [-0.3, -0.25) is 4.40 Å². The van der Waals surface area contributed by atoms with Crippen LogP contribution in [0.25, 0.3) is 16.8 Å². The van der Waals surface area contributed by atoms with Crippen LogP contribution in [0, 0.1) is 0 Å².